The summed E-state index contributed by atoms with van der Waals surface area (Å²) in [6.45, 7) is 8.15. The summed E-state index contributed by atoms with van der Waals surface area (Å²) in [6.07, 6.45) is 2.12. The lowest BCUT2D eigenvalue weighted by atomic mass is 9.88. The molecule has 1 N–H and O–H groups in total. The molecule has 3 heteroatoms. The molecule has 0 saturated heterocycles. The third kappa shape index (κ3) is 3.40. The molecular formula is C17H27NO2. The third-order valence-electron chi connectivity index (χ3n) is 4.36. The SMILES string of the molecule is CCNC(CC1OCCc2ccccc21)C(C)(C)OC. The van der Waals surface area contributed by atoms with Crippen molar-refractivity contribution in [3.05, 3.63) is 35.4 Å². The highest BCUT2D eigenvalue weighted by molar-refractivity contribution is 5.31. The number of hydrogen-bond donors (Lipinski definition) is 1. The molecule has 0 spiro atoms. The molecule has 2 rings (SSSR count). The fraction of sp³-hybridized carbons (Fsp3) is 0.647. The van der Waals surface area contributed by atoms with Gasteiger partial charge in [-0.3, -0.25) is 0 Å². The van der Waals surface area contributed by atoms with Gasteiger partial charge in [0.25, 0.3) is 0 Å². The molecule has 20 heavy (non-hydrogen) atoms. The van der Waals surface area contributed by atoms with Gasteiger partial charge < -0.3 is 14.8 Å². The third-order valence-corrected chi connectivity index (χ3v) is 4.36. The molecule has 0 aliphatic carbocycles. The Labute approximate surface area is 122 Å². The lowest BCUT2D eigenvalue weighted by molar-refractivity contribution is -0.0396. The molecule has 1 aromatic carbocycles. The van der Waals surface area contributed by atoms with Crippen molar-refractivity contribution in [3.63, 3.8) is 0 Å². The topological polar surface area (TPSA) is 30.5 Å². The van der Waals surface area contributed by atoms with Gasteiger partial charge in [-0.15, -0.1) is 0 Å². The monoisotopic (exact) mass is 277 g/mol. The molecule has 0 saturated carbocycles. The number of fused-ring (bicyclic) bond motifs is 1. The van der Waals surface area contributed by atoms with Gasteiger partial charge in [0.2, 0.25) is 0 Å². The highest BCUT2D eigenvalue weighted by atomic mass is 16.5. The Morgan fingerprint density at radius 2 is 2.15 bits per heavy atom. The van der Waals surface area contributed by atoms with Crippen LogP contribution in [0.3, 0.4) is 0 Å². The van der Waals surface area contributed by atoms with E-state index in [1.807, 2.05) is 0 Å². The first-order chi connectivity index (χ1) is 9.58. The second-order valence-corrected chi connectivity index (χ2v) is 5.96. The number of methoxy groups -OCH3 is 1. The maximum Gasteiger partial charge on any atom is 0.0843 e. The van der Waals surface area contributed by atoms with Crippen molar-refractivity contribution in [2.24, 2.45) is 0 Å². The highest BCUT2D eigenvalue weighted by Gasteiger charge is 2.33. The molecule has 2 unspecified atom stereocenters. The van der Waals surface area contributed by atoms with Crippen molar-refractivity contribution in [1.29, 1.82) is 0 Å². The van der Waals surface area contributed by atoms with Gasteiger partial charge in [0.1, 0.15) is 0 Å². The zero-order chi connectivity index (χ0) is 14.6. The van der Waals surface area contributed by atoms with Gasteiger partial charge in [0.15, 0.2) is 0 Å². The molecule has 0 bridgehead atoms. The Balaban J connectivity index is 2.16. The molecule has 0 fully saturated rings. The van der Waals surface area contributed by atoms with Crippen molar-refractivity contribution >= 4 is 0 Å². The molecule has 1 aliphatic rings. The summed E-state index contributed by atoms with van der Waals surface area (Å²) in [5, 5.41) is 3.55. The summed E-state index contributed by atoms with van der Waals surface area (Å²) >= 11 is 0. The van der Waals surface area contributed by atoms with Crippen LogP contribution in [0, 0.1) is 0 Å². The summed E-state index contributed by atoms with van der Waals surface area (Å²) in [5.74, 6) is 0. The summed E-state index contributed by atoms with van der Waals surface area (Å²) in [6, 6.07) is 8.90. The van der Waals surface area contributed by atoms with Crippen molar-refractivity contribution in [1.82, 2.24) is 5.32 Å². The number of hydrogen-bond acceptors (Lipinski definition) is 3. The summed E-state index contributed by atoms with van der Waals surface area (Å²) in [7, 11) is 1.78. The molecule has 2 atom stereocenters. The Hall–Kier alpha value is -0.900. The first-order valence-electron chi connectivity index (χ1n) is 7.56. The molecular weight excluding hydrogens is 250 g/mol. The maximum atomic E-state index is 6.03. The fourth-order valence-electron chi connectivity index (χ4n) is 2.89. The molecule has 0 amide bonds. The van der Waals surface area contributed by atoms with Crippen LogP contribution in [0.4, 0.5) is 0 Å². The van der Waals surface area contributed by atoms with Crippen LogP contribution in [0.15, 0.2) is 24.3 Å². The van der Waals surface area contributed by atoms with E-state index < -0.39 is 0 Å². The number of rotatable bonds is 6. The lowest BCUT2D eigenvalue weighted by Gasteiger charge is -2.37. The predicted molar refractivity (Wildman–Crippen MR) is 82.0 cm³/mol. The number of ether oxygens (including phenoxy) is 2. The zero-order valence-corrected chi connectivity index (χ0v) is 13.1. The molecule has 112 valence electrons. The Bertz CT molecular complexity index is 431. The van der Waals surface area contributed by atoms with Gasteiger partial charge in [-0.2, -0.15) is 0 Å². The average Bonchev–Trinajstić information content (AvgIpc) is 2.47. The largest absolute Gasteiger partial charge is 0.377 e. The van der Waals surface area contributed by atoms with E-state index in [0.717, 1.165) is 26.0 Å². The minimum absolute atomic E-state index is 0.165. The summed E-state index contributed by atoms with van der Waals surface area (Å²) in [4.78, 5) is 0. The van der Waals surface area contributed by atoms with E-state index in [2.05, 4.69) is 50.4 Å². The predicted octanol–water partition coefficient (Wildman–Crippen LogP) is 3.09. The minimum atomic E-state index is -0.203. The fourth-order valence-corrected chi connectivity index (χ4v) is 2.89. The molecule has 1 heterocycles. The van der Waals surface area contributed by atoms with E-state index in [-0.39, 0.29) is 17.7 Å². The van der Waals surface area contributed by atoms with E-state index in [4.69, 9.17) is 9.47 Å². The van der Waals surface area contributed by atoms with E-state index in [0.29, 0.717) is 0 Å². The Morgan fingerprint density at radius 3 is 2.85 bits per heavy atom. The highest BCUT2D eigenvalue weighted by Crippen LogP contribution is 2.33. The second kappa shape index (κ2) is 6.70. The standard InChI is InChI=1S/C17H27NO2/c1-5-18-16(17(2,3)19-4)12-15-14-9-7-6-8-13(14)10-11-20-15/h6-9,15-16,18H,5,10-12H2,1-4H3. The second-order valence-electron chi connectivity index (χ2n) is 5.96. The van der Waals surface area contributed by atoms with Crippen molar-refractivity contribution in [3.8, 4) is 0 Å². The van der Waals surface area contributed by atoms with Crippen LogP contribution in [0.25, 0.3) is 0 Å². The minimum Gasteiger partial charge on any atom is -0.377 e. The van der Waals surface area contributed by atoms with Gasteiger partial charge in [0, 0.05) is 13.2 Å². The van der Waals surface area contributed by atoms with Crippen LogP contribution >= 0.6 is 0 Å². The zero-order valence-electron chi connectivity index (χ0n) is 13.1. The van der Waals surface area contributed by atoms with Gasteiger partial charge in [-0.05, 0) is 44.4 Å². The molecule has 3 nitrogen and oxygen atoms in total. The summed E-state index contributed by atoms with van der Waals surface area (Å²) in [5.41, 5.74) is 2.56. The van der Waals surface area contributed by atoms with Gasteiger partial charge >= 0.3 is 0 Å². The van der Waals surface area contributed by atoms with Crippen molar-refractivity contribution in [2.45, 2.75) is 51.4 Å². The smallest absolute Gasteiger partial charge is 0.0843 e. The van der Waals surface area contributed by atoms with Crippen molar-refractivity contribution < 1.29 is 9.47 Å². The van der Waals surface area contributed by atoms with Crippen LogP contribution in [0.5, 0.6) is 0 Å². The van der Waals surface area contributed by atoms with E-state index in [9.17, 15) is 0 Å². The Morgan fingerprint density at radius 1 is 1.40 bits per heavy atom. The maximum absolute atomic E-state index is 6.03. The first-order valence-corrected chi connectivity index (χ1v) is 7.56. The van der Waals surface area contributed by atoms with Crippen LogP contribution in [-0.4, -0.2) is 31.9 Å². The normalized spacial score (nSPS) is 20.5. The van der Waals surface area contributed by atoms with Crippen LogP contribution in [-0.2, 0) is 15.9 Å². The van der Waals surface area contributed by atoms with Gasteiger partial charge in [-0.25, -0.2) is 0 Å². The molecule has 1 aromatic rings. The number of nitrogens with one attached hydrogen (secondary N) is 1. The Kier molecular flexibility index (Phi) is 5.19. The van der Waals surface area contributed by atoms with E-state index >= 15 is 0 Å². The molecule has 1 aliphatic heterocycles. The quantitative estimate of drug-likeness (QED) is 0.866. The molecule has 0 aromatic heterocycles. The van der Waals surface area contributed by atoms with E-state index in [1.54, 1.807) is 7.11 Å². The first kappa shape index (κ1) is 15.5. The van der Waals surface area contributed by atoms with Crippen LogP contribution in [0.1, 0.15) is 44.4 Å². The lowest BCUT2D eigenvalue weighted by Crippen LogP contribution is -2.49. The number of likely N-dealkylation sites (N-methyl/N-ethyl adjacent to an activating group) is 1. The van der Waals surface area contributed by atoms with Crippen molar-refractivity contribution in [2.75, 3.05) is 20.3 Å². The van der Waals surface area contributed by atoms with Crippen LogP contribution < -0.4 is 5.32 Å². The van der Waals surface area contributed by atoms with E-state index in [1.165, 1.54) is 11.1 Å². The van der Waals surface area contributed by atoms with Gasteiger partial charge in [-0.1, -0.05) is 31.2 Å². The average molecular weight is 277 g/mol. The van der Waals surface area contributed by atoms with Crippen LogP contribution in [0.2, 0.25) is 0 Å². The molecule has 0 radical (unpaired) electrons. The summed E-state index contributed by atoms with van der Waals surface area (Å²) < 4.78 is 11.7. The van der Waals surface area contributed by atoms with Gasteiger partial charge in [0.05, 0.1) is 18.3 Å². The number of benzene rings is 1.